The Bertz CT molecular complexity index is 908. The van der Waals surface area contributed by atoms with Crippen LogP contribution in [-0.4, -0.2) is 28.8 Å². The SMILES string of the molecule is CCCCCCCCOc1ccc(C=C2SC(=S)N(Cc3ccco3)C2=O)cc1OC. The maximum Gasteiger partial charge on any atom is 0.266 e. The van der Waals surface area contributed by atoms with Gasteiger partial charge in [0.15, 0.2) is 11.5 Å². The molecule has 3 rings (SSSR count). The molecular weight excluding hydrogens is 430 g/mol. The van der Waals surface area contributed by atoms with Crippen LogP contribution in [0.25, 0.3) is 6.08 Å². The van der Waals surface area contributed by atoms with E-state index in [0.29, 0.717) is 33.9 Å². The summed E-state index contributed by atoms with van der Waals surface area (Å²) in [4.78, 5) is 14.9. The molecule has 1 aromatic carbocycles. The average Bonchev–Trinajstić information content (AvgIpc) is 3.38. The molecule has 1 aliphatic heterocycles. The van der Waals surface area contributed by atoms with Gasteiger partial charge in [0.05, 0.1) is 31.4 Å². The normalized spacial score (nSPS) is 15.2. The number of furan rings is 1. The number of carbonyl (C=O) groups excluding carboxylic acids is 1. The number of benzene rings is 1. The van der Waals surface area contributed by atoms with Crippen molar-refractivity contribution < 1.29 is 18.7 Å². The molecule has 1 aromatic heterocycles. The smallest absolute Gasteiger partial charge is 0.266 e. The van der Waals surface area contributed by atoms with Gasteiger partial charge < -0.3 is 13.9 Å². The van der Waals surface area contributed by atoms with Crippen molar-refractivity contribution in [1.82, 2.24) is 4.90 Å². The first kappa shape index (κ1) is 23.4. The van der Waals surface area contributed by atoms with Crippen molar-refractivity contribution in [3.8, 4) is 11.5 Å². The zero-order chi connectivity index (χ0) is 22.1. The van der Waals surface area contributed by atoms with Gasteiger partial charge >= 0.3 is 0 Å². The van der Waals surface area contributed by atoms with Gasteiger partial charge in [0.1, 0.15) is 10.1 Å². The molecule has 0 saturated carbocycles. The fraction of sp³-hybridized carbons (Fsp3) is 0.417. The molecule has 0 aliphatic carbocycles. The van der Waals surface area contributed by atoms with E-state index in [1.807, 2.05) is 30.3 Å². The summed E-state index contributed by atoms with van der Waals surface area (Å²) in [5, 5.41) is 0. The lowest BCUT2D eigenvalue weighted by Gasteiger charge is -2.12. The van der Waals surface area contributed by atoms with Crippen molar-refractivity contribution >= 4 is 40.3 Å². The minimum absolute atomic E-state index is 0.117. The number of unbranched alkanes of at least 4 members (excludes halogenated alkanes) is 5. The van der Waals surface area contributed by atoms with Crippen molar-refractivity contribution in [2.75, 3.05) is 13.7 Å². The molecule has 5 nitrogen and oxygen atoms in total. The molecule has 1 saturated heterocycles. The van der Waals surface area contributed by atoms with E-state index in [4.69, 9.17) is 26.1 Å². The molecule has 0 radical (unpaired) electrons. The Morgan fingerprint density at radius 3 is 2.68 bits per heavy atom. The molecule has 1 amide bonds. The van der Waals surface area contributed by atoms with Crippen molar-refractivity contribution in [2.24, 2.45) is 0 Å². The first-order valence-corrected chi connectivity index (χ1v) is 11.9. The van der Waals surface area contributed by atoms with E-state index in [1.54, 1.807) is 24.3 Å². The quantitative estimate of drug-likeness (QED) is 0.207. The Kier molecular flexibility index (Phi) is 9.03. The number of nitrogens with zero attached hydrogens (tertiary/aromatic N) is 1. The minimum Gasteiger partial charge on any atom is -0.493 e. The van der Waals surface area contributed by atoms with Crippen molar-refractivity contribution in [3.05, 3.63) is 52.8 Å². The lowest BCUT2D eigenvalue weighted by Crippen LogP contribution is -2.27. The van der Waals surface area contributed by atoms with E-state index in [1.165, 1.54) is 43.9 Å². The molecular formula is C24H29NO4S2. The first-order chi connectivity index (χ1) is 15.1. The second-order valence-corrected chi connectivity index (χ2v) is 9.05. The largest absolute Gasteiger partial charge is 0.493 e. The number of carbonyl (C=O) groups is 1. The number of ether oxygens (including phenoxy) is 2. The predicted octanol–water partition coefficient (Wildman–Crippen LogP) is 6.43. The van der Waals surface area contributed by atoms with E-state index in [9.17, 15) is 4.79 Å². The molecule has 1 fully saturated rings. The van der Waals surface area contributed by atoms with Crippen LogP contribution < -0.4 is 9.47 Å². The van der Waals surface area contributed by atoms with Gasteiger partial charge in [-0.3, -0.25) is 9.69 Å². The summed E-state index contributed by atoms with van der Waals surface area (Å²) in [6.07, 6.45) is 10.7. The van der Waals surface area contributed by atoms with Crippen molar-refractivity contribution in [1.29, 1.82) is 0 Å². The summed E-state index contributed by atoms with van der Waals surface area (Å²) in [7, 11) is 1.62. The van der Waals surface area contributed by atoms with Crippen molar-refractivity contribution in [3.63, 3.8) is 0 Å². The number of hydrogen-bond acceptors (Lipinski definition) is 6. The summed E-state index contributed by atoms with van der Waals surface area (Å²) in [6, 6.07) is 9.33. The highest BCUT2D eigenvalue weighted by Gasteiger charge is 2.32. The molecule has 31 heavy (non-hydrogen) atoms. The highest BCUT2D eigenvalue weighted by Crippen LogP contribution is 2.35. The van der Waals surface area contributed by atoms with E-state index < -0.39 is 0 Å². The Hall–Kier alpha value is -2.25. The van der Waals surface area contributed by atoms with Gasteiger partial charge in [0.25, 0.3) is 5.91 Å². The van der Waals surface area contributed by atoms with Gasteiger partial charge in [-0.25, -0.2) is 0 Å². The Balaban J connectivity index is 1.59. The van der Waals surface area contributed by atoms with Crippen LogP contribution in [0.15, 0.2) is 45.9 Å². The summed E-state index contributed by atoms with van der Waals surface area (Å²) >= 11 is 6.68. The highest BCUT2D eigenvalue weighted by molar-refractivity contribution is 8.26. The molecule has 0 unspecified atom stereocenters. The number of thiocarbonyl (C=S) groups is 1. The van der Waals surface area contributed by atoms with Crippen LogP contribution >= 0.6 is 24.0 Å². The summed E-state index contributed by atoms with van der Waals surface area (Å²) in [5.41, 5.74) is 0.863. The van der Waals surface area contributed by atoms with Gasteiger partial charge in [0, 0.05) is 0 Å². The third kappa shape index (κ3) is 6.61. The lowest BCUT2D eigenvalue weighted by molar-refractivity contribution is -0.122. The van der Waals surface area contributed by atoms with Crippen LogP contribution in [0.3, 0.4) is 0 Å². The lowest BCUT2D eigenvalue weighted by atomic mass is 10.1. The standard InChI is InChI=1S/C24H29NO4S2/c1-3-4-5-6-7-8-13-29-20-12-11-18(15-21(20)27-2)16-22-23(26)25(24(30)31-22)17-19-10-9-14-28-19/h9-12,14-16H,3-8,13,17H2,1-2H3. The van der Waals surface area contributed by atoms with Crippen LogP contribution in [0.2, 0.25) is 0 Å². The average molecular weight is 460 g/mol. The highest BCUT2D eigenvalue weighted by atomic mass is 32.2. The number of methoxy groups -OCH3 is 1. The third-order valence-corrected chi connectivity index (χ3v) is 6.39. The zero-order valence-electron chi connectivity index (χ0n) is 18.1. The van der Waals surface area contributed by atoms with Crippen LogP contribution in [0, 0.1) is 0 Å². The molecule has 2 aromatic rings. The number of rotatable bonds is 12. The molecule has 0 bridgehead atoms. The second-order valence-electron chi connectivity index (χ2n) is 7.37. The molecule has 166 valence electrons. The van der Waals surface area contributed by atoms with E-state index in [0.717, 1.165) is 17.7 Å². The van der Waals surface area contributed by atoms with Crippen molar-refractivity contribution in [2.45, 2.75) is 52.0 Å². The Morgan fingerprint density at radius 1 is 1.13 bits per heavy atom. The molecule has 0 atom stereocenters. The monoisotopic (exact) mass is 459 g/mol. The summed E-state index contributed by atoms with van der Waals surface area (Å²) < 4.78 is 17.3. The topological polar surface area (TPSA) is 51.9 Å². The van der Waals surface area contributed by atoms with Gasteiger partial charge in [-0.1, -0.05) is 69.1 Å². The Morgan fingerprint density at radius 2 is 1.94 bits per heavy atom. The van der Waals surface area contributed by atoms with Crippen LogP contribution in [-0.2, 0) is 11.3 Å². The van der Waals surface area contributed by atoms with E-state index in [-0.39, 0.29) is 5.91 Å². The predicted molar refractivity (Wildman–Crippen MR) is 129 cm³/mol. The third-order valence-electron chi connectivity index (χ3n) is 5.01. The molecule has 0 spiro atoms. The molecule has 0 N–H and O–H groups in total. The molecule has 1 aliphatic rings. The maximum absolute atomic E-state index is 12.8. The van der Waals surface area contributed by atoms with Gasteiger partial charge in [-0.15, -0.1) is 0 Å². The molecule has 2 heterocycles. The summed E-state index contributed by atoms with van der Waals surface area (Å²) in [5.74, 6) is 1.96. The second kappa shape index (κ2) is 12.0. The van der Waals surface area contributed by atoms with Gasteiger partial charge in [-0.05, 0) is 42.3 Å². The van der Waals surface area contributed by atoms with E-state index in [2.05, 4.69) is 6.92 Å². The maximum atomic E-state index is 12.8. The Labute approximate surface area is 193 Å². The summed E-state index contributed by atoms with van der Waals surface area (Å²) in [6.45, 7) is 3.23. The number of hydrogen-bond donors (Lipinski definition) is 0. The number of thioether (sulfide) groups is 1. The van der Waals surface area contributed by atoms with Crippen LogP contribution in [0.1, 0.15) is 56.8 Å². The van der Waals surface area contributed by atoms with Crippen LogP contribution in [0.4, 0.5) is 0 Å². The first-order valence-electron chi connectivity index (χ1n) is 10.7. The zero-order valence-corrected chi connectivity index (χ0v) is 19.7. The number of amides is 1. The minimum atomic E-state index is -0.117. The van der Waals surface area contributed by atoms with Gasteiger partial charge in [-0.2, -0.15) is 0 Å². The van der Waals surface area contributed by atoms with E-state index >= 15 is 0 Å². The van der Waals surface area contributed by atoms with Gasteiger partial charge in [0.2, 0.25) is 0 Å². The fourth-order valence-corrected chi connectivity index (χ4v) is 4.56. The molecule has 7 heteroatoms. The van der Waals surface area contributed by atoms with Crippen LogP contribution in [0.5, 0.6) is 11.5 Å². The fourth-order valence-electron chi connectivity index (χ4n) is 3.30.